The third kappa shape index (κ3) is 5.27. The monoisotopic (exact) mass is 365 g/mol. The minimum atomic E-state index is -0.239. The summed E-state index contributed by atoms with van der Waals surface area (Å²) in [5.41, 5.74) is 3.92. The first-order valence-electron chi connectivity index (χ1n) is 8.71. The van der Waals surface area contributed by atoms with E-state index in [1.807, 2.05) is 51.2 Å². The number of urea groups is 1. The first-order valence-corrected chi connectivity index (χ1v) is 8.71. The van der Waals surface area contributed by atoms with Crippen LogP contribution >= 0.6 is 0 Å². The number of hydrogen-bond donors (Lipinski definition) is 3. The van der Waals surface area contributed by atoms with Gasteiger partial charge >= 0.3 is 6.03 Å². The van der Waals surface area contributed by atoms with Gasteiger partial charge in [0.1, 0.15) is 12.1 Å². The molecule has 27 heavy (non-hydrogen) atoms. The van der Waals surface area contributed by atoms with Crippen LogP contribution in [0.4, 0.5) is 16.3 Å². The fraction of sp³-hybridized carbons (Fsp3) is 0.263. The van der Waals surface area contributed by atoms with Crippen LogP contribution in [0, 0.1) is 20.8 Å². The first kappa shape index (κ1) is 18.4. The van der Waals surface area contributed by atoms with E-state index in [4.69, 9.17) is 0 Å². The molecular formula is C19H23N7O. The molecule has 2 amide bonds. The number of benzene rings is 1. The van der Waals surface area contributed by atoms with Crippen molar-refractivity contribution in [1.82, 2.24) is 25.1 Å². The van der Waals surface area contributed by atoms with Crippen molar-refractivity contribution in [2.45, 2.75) is 20.8 Å². The zero-order valence-corrected chi connectivity index (χ0v) is 15.7. The fourth-order valence-corrected chi connectivity index (χ4v) is 2.70. The summed E-state index contributed by atoms with van der Waals surface area (Å²) >= 11 is 0. The minimum absolute atomic E-state index is 0.239. The average Bonchev–Trinajstić information content (AvgIpc) is 3.05. The van der Waals surface area contributed by atoms with E-state index in [9.17, 15) is 4.79 Å². The van der Waals surface area contributed by atoms with E-state index in [-0.39, 0.29) is 6.03 Å². The number of carbonyl (C=O) groups excluding carboxylic acids is 1. The predicted molar refractivity (Wildman–Crippen MR) is 105 cm³/mol. The highest BCUT2D eigenvalue weighted by Gasteiger charge is 2.04. The highest BCUT2D eigenvalue weighted by Crippen LogP contribution is 2.13. The number of anilines is 2. The standard InChI is InChI=1S/C19H23N7O/c1-13-8-14(2)10-16(9-13)24-19(27)21-6-5-20-17-11-18(23-12-22-17)26-7-4-15(3)25-26/h4,7-12H,5-6H2,1-3H3,(H,20,22,23)(H2,21,24,27). The van der Waals surface area contributed by atoms with Gasteiger partial charge in [0.15, 0.2) is 5.82 Å². The van der Waals surface area contributed by atoms with Gasteiger partial charge in [0.2, 0.25) is 0 Å². The lowest BCUT2D eigenvalue weighted by Crippen LogP contribution is -2.32. The van der Waals surface area contributed by atoms with Crippen LogP contribution in [0.5, 0.6) is 0 Å². The van der Waals surface area contributed by atoms with Gasteiger partial charge in [0.25, 0.3) is 0 Å². The molecule has 0 unspecified atom stereocenters. The Morgan fingerprint density at radius 1 is 1.04 bits per heavy atom. The summed E-state index contributed by atoms with van der Waals surface area (Å²) in [4.78, 5) is 20.4. The largest absolute Gasteiger partial charge is 0.368 e. The second-order valence-corrected chi connectivity index (χ2v) is 6.35. The maximum absolute atomic E-state index is 12.0. The Morgan fingerprint density at radius 2 is 1.81 bits per heavy atom. The van der Waals surface area contributed by atoms with Crippen LogP contribution in [0.2, 0.25) is 0 Å². The molecule has 140 valence electrons. The van der Waals surface area contributed by atoms with Crippen LogP contribution in [0.1, 0.15) is 16.8 Å². The molecule has 0 saturated carbocycles. The third-order valence-corrected chi connectivity index (χ3v) is 3.81. The molecular weight excluding hydrogens is 342 g/mol. The molecule has 0 aliphatic heterocycles. The second-order valence-electron chi connectivity index (χ2n) is 6.35. The number of amides is 2. The van der Waals surface area contributed by atoms with Gasteiger partial charge < -0.3 is 16.0 Å². The molecule has 0 spiro atoms. The van der Waals surface area contributed by atoms with Crippen LogP contribution < -0.4 is 16.0 Å². The van der Waals surface area contributed by atoms with Crippen molar-refractivity contribution in [2.24, 2.45) is 0 Å². The number of nitrogens with zero attached hydrogens (tertiary/aromatic N) is 4. The number of nitrogens with one attached hydrogen (secondary N) is 3. The molecule has 0 aliphatic carbocycles. The van der Waals surface area contributed by atoms with Crippen molar-refractivity contribution in [2.75, 3.05) is 23.7 Å². The van der Waals surface area contributed by atoms with Crippen LogP contribution in [-0.4, -0.2) is 38.9 Å². The number of carbonyl (C=O) groups is 1. The lowest BCUT2D eigenvalue weighted by atomic mass is 10.1. The van der Waals surface area contributed by atoms with Gasteiger partial charge in [0, 0.05) is 31.0 Å². The molecule has 1 aromatic carbocycles. The van der Waals surface area contributed by atoms with Crippen LogP contribution in [0.3, 0.4) is 0 Å². The first-order chi connectivity index (χ1) is 13.0. The number of aromatic nitrogens is 4. The van der Waals surface area contributed by atoms with Crippen LogP contribution in [0.15, 0.2) is 42.9 Å². The van der Waals surface area contributed by atoms with E-state index in [0.717, 1.165) is 22.5 Å². The Labute approximate surface area is 158 Å². The molecule has 0 aliphatic rings. The molecule has 2 heterocycles. The maximum Gasteiger partial charge on any atom is 0.319 e. The van der Waals surface area contributed by atoms with E-state index in [0.29, 0.717) is 24.7 Å². The van der Waals surface area contributed by atoms with E-state index in [1.54, 1.807) is 4.68 Å². The Morgan fingerprint density at radius 3 is 2.52 bits per heavy atom. The molecule has 3 N–H and O–H groups in total. The molecule has 3 rings (SSSR count). The SMILES string of the molecule is Cc1cc(C)cc(NC(=O)NCCNc2cc(-n3ccc(C)n3)ncn2)c1. The molecule has 8 nitrogen and oxygen atoms in total. The Hall–Kier alpha value is -3.42. The van der Waals surface area contributed by atoms with Crippen molar-refractivity contribution in [3.05, 3.63) is 59.7 Å². The van der Waals surface area contributed by atoms with Crippen molar-refractivity contribution in [3.8, 4) is 5.82 Å². The van der Waals surface area contributed by atoms with Crippen molar-refractivity contribution in [1.29, 1.82) is 0 Å². The zero-order chi connectivity index (χ0) is 19.2. The highest BCUT2D eigenvalue weighted by molar-refractivity contribution is 5.89. The zero-order valence-electron chi connectivity index (χ0n) is 15.7. The quantitative estimate of drug-likeness (QED) is 0.584. The van der Waals surface area contributed by atoms with Gasteiger partial charge in [-0.1, -0.05) is 6.07 Å². The highest BCUT2D eigenvalue weighted by atomic mass is 16.2. The molecule has 0 atom stereocenters. The Bertz CT molecular complexity index is 915. The average molecular weight is 365 g/mol. The second kappa shape index (κ2) is 8.31. The molecule has 2 aromatic heterocycles. The summed E-state index contributed by atoms with van der Waals surface area (Å²) in [6, 6.07) is 9.41. The Balaban J connectivity index is 1.46. The number of hydrogen-bond acceptors (Lipinski definition) is 5. The predicted octanol–water partition coefficient (Wildman–Crippen LogP) is 2.82. The molecule has 0 radical (unpaired) electrons. The number of rotatable bonds is 6. The van der Waals surface area contributed by atoms with Gasteiger partial charge in [-0.3, -0.25) is 0 Å². The van der Waals surface area contributed by atoms with E-state index >= 15 is 0 Å². The maximum atomic E-state index is 12.0. The summed E-state index contributed by atoms with van der Waals surface area (Å²) in [6.07, 6.45) is 3.33. The van der Waals surface area contributed by atoms with Crippen molar-refractivity contribution >= 4 is 17.5 Å². The summed E-state index contributed by atoms with van der Waals surface area (Å²) in [6.45, 7) is 6.92. The lowest BCUT2D eigenvalue weighted by Gasteiger charge is -2.10. The summed E-state index contributed by atoms with van der Waals surface area (Å²) < 4.78 is 1.69. The van der Waals surface area contributed by atoms with E-state index < -0.39 is 0 Å². The van der Waals surface area contributed by atoms with Crippen LogP contribution in [0.25, 0.3) is 5.82 Å². The molecule has 0 saturated heterocycles. The molecule has 3 aromatic rings. The van der Waals surface area contributed by atoms with Crippen LogP contribution in [-0.2, 0) is 0 Å². The molecule has 0 fully saturated rings. The van der Waals surface area contributed by atoms with E-state index in [1.165, 1.54) is 6.33 Å². The topological polar surface area (TPSA) is 96.8 Å². The number of aryl methyl sites for hydroxylation is 3. The summed E-state index contributed by atoms with van der Waals surface area (Å²) in [7, 11) is 0. The summed E-state index contributed by atoms with van der Waals surface area (Å²) in [5.74, 6) is 1.35. The normalized spacial score (nSPS) is 10.5. The van der Waals surface area contributed by atoms with Crippen molar-refractivity contribution < 1.29 is 4.79 Å². The van der Waals surface area contributed by atoms with Crippen molar-refractivity contribution in [3.63, 3.8) is 0 Å². The lowest BCUT2D eigenvalue weighted by molar-refractivity contribution is 0.252. The fourth-order valence-electron chi connectivity index (χ4n) is 2.70. The third-order valence-electron chi connectivity index (χ3n) is 3.81. The minimum Gasteiger partial charge on any atom is -0.368 e. The van der Waals surface area contributed by atoms with Gasteiger partial charge in [-0.05, 0) is 50.1 Å². The van der Waals surface area contributed by atoms with Gasteiger partial charge in [-0.2, -0.15) is 5.10 Å². The van der Waals surface area contributed by atoms with Gasteiger partial charge in [0.05, 0.1) is 5.69 Å². The molecule has 0 bridgehead atoms. The summed E-state index contributed by atoms with van der Waals surface area (Å²) in [5, 5.41) is 13.1. The molecule has 8 heteroatoms. The smallest absolute Gasteiger partial charge is 0.319 e. The van der Waals surface area contributed by atoms with E-state index in [2.05, 4.69) is 37.1 Å². The Kier molecular flexibility index (Phi) is 5.65. The van der Waals surface area contributed by atoms with Gasteiger partial charge in [-0.25, -0.2) is 19.4 Å². The van der Waals surface area contributed by atoms with Gasteiger partial charge in [-0.15, -0.1) is 0 Å².